The molecule has 0 aliphatic carbocycles. The summed E-state index contributed by atoms with van der Waals surface area (Å²) >= 11 is 0. The van der Waals surface area contributed by atoms with Crippen molar-refractivity contribution in [1.29, 1.82) is 0 Å². The highest BCUT2D eigenvalue weighted by Crippen LogP contribution is 2.43. The standard InChI is InChI=1S/C27H47N3O5Si/c1-19(2)36(20(3)4,21(5)6)34-18-22-13-14-25(30(32)33)24(16-22)28-23-12-10-11-15-29(17-23)26(31)35-27(7,8)9/h13-14,16,19-21,23,28H,10-12,15,17-18H2,1-9H3/t23-/m1/s1. The van der Waals surface area contributed by atoms with Crippen molar-refractivity contribution >= 4 is 25.8 Å². The van der Waals surface area contributed by atoms with Crippen LogP contribution >= 0.6 is 0 Å². The van der Waals surface area contributed by atoms with Gasteiger partial charge in [-0.1, -0.05) is 41.5 Å². The number of amides is 1. The van der Waals surface area contributed by atoms with Gasteiger partial charge in [0.25, 0.3) is 5.69 Å². The fourth-order valence-corrected chi connectivity index (χ4v) is 11.0. The van der Waals surface area contributed by atoms with Crippen molar-refractivity contribution in [3.63, 3.8) is 0 Å². The van der Waals surface area contributed by atoms with E-state index >= 15 is 0 Å². The van der Waals surface area contributed by atoms with Gasteiger partial charge in [-0.2, -0.15) is 0 Å². The third kappa shape index (κ3) is 7.68. The van der Waals surface area contributed by atoms with E-state index in [1.165, 1.54) is 0 Å². The molecule has 0 unspecified atom stereocenters. The molecule has 0 aromatic heterocycles. The van der Waals surface area contributed by atoms with Gasteiger partial charge in [-0.3, -0.25) is 10.1 Å². The molecule has 1 fully saturated rings. The zero-order valence-electron chi connectivity index (χ0n) is 23.7. The summed E-state index contributed by atoms with van der Waals surface area (Å²) in [4.78, 5) is 25.9. The summed E-state index contributed by atoms with van der Waals surface area (Å²) in [5.41, 5.74) is 2.23. The molecule has 1 amide bonds. The molecule has 36 heavy (non-hydrogen) atoms. The molecule has 1 N–H and O–H groups in total. The molecule has 0 spiro atoms. The van der Waals surface area contributed by atoms with Crippen LogP contribution in [0.5, 0.6) is 0 Å². The second kappa shape index (κ2) is 12.4. The number of rotatable bonds is 9. The Morgan fingerprint density at radius 2 is 1.75 bits per heavy atom. The lowest BCUT2D eigenvalue weighted by atomic mass is 10.1. The topological polar surface area (TPSA) is 93.9 Å². The highest BCUT2D eigenvalue weighted by molar-refractivity contribution is 6.77. The van der Waals surface area contributed by atoms with Gasteiger partial charge in [-0.05, 0) is 74.4 Å². The van der Waals surface area contributed by atoms with Crippen LogP contribution in [0.25, 0.3) is 0 Å². The van der Waals surface area contributed by atoms with Crippen LogP contribution in [-0.4, -0.2) is 49.0 Å². The Kier molecular flexibility index (Phi) is 10.4. The summed E-state index contributed by atoms with van der Waals surface area (Å²) in [7, 11) is -2.07. The van der Waals surface area contributed by atoms with Crippen LogP contribution in [0.2, 0.25) is 16.6 Å². The second-order valence-corrected chi connectivity index (χ2v) is 17.4. The second-order valence-electron chi connectivity index (χ2n) is 12.0. The third-order valence-electron chi connectivity index (χ3n) is 7.14. The van der Waals surface area contributed by atoms with Crippen molar-refractivity contribution in [3.8, 4) is 0 Å². The van der Waals surface area contributed by atoms with Crippen LogP contribution in [0, 0.1) is 10.1 Å². The first-order valence-electron chi connectivity index (χ1n) is 13.3. The summed E-state index contributed by atoms with van der Waals surface area (Å²) in [6.45, 7) is 20.5. The summed E-state index contributed by atoms with van der Waals surface area (Å²) in [5.74, 6) is 0. The first-order chi connectivity index (χ1) is 16.7. The van der Waals surface area contributed by atoms with E-state index in [4.69, 9.17) is 9.16 Å². The predicted octanol–water partition coefficient (Wildman–Crippen LogP) is 7.49. The lowest BCUT2D eigenvalue weighted by Crippen LogP contribution is -2.47. The van der Waals surface area contributed by atoms with Crippen molar-refractivity contribution in [2.75, 3.05) is 18.4 Å². The van der Waals surface area contributed by atoms with Gasteiger partial charge in [0.15, 0.2) is 0 Å². The summed E-state index contributed by atoms with van der Waals surface area (Å²) in [5, 5.41) is 15.2. The number of benzene rings is 1. The number of carbonyl (C=O) groups is 1. The Morgan fingerprint density at radius 3 is 2.28 bits per heavy atom. The van der Waals surface area contributed by atoms with Crippen molar-refractivity contribution in [1.82, 2.24) is 4.90 Å². The SMILES string of the molecule is CC(C)[Si](OCc1ccc([N+](=O)[O-])c(N[C@@H]2CCCCN(C(=O)OC(C)(C)C)C2)c1)(C(C)C)C(C)C. The smallest absolute Gasteiger partial charge is 0.410 e. The molecule has 1 aromatic rings. The molecule has 204 valence electrons. The van der Waals surface area contributed by atoms with Crippen molar-refractivity contribution < 1.29 is 18.9 Å². The molecule has 0 saturated carbocycles. The molecule has 1 heterocycles. The van der Waals surface area contributed by atoms with Gasteiger partial charge in [-0.25, -0.2) is 4.79 Å². The first-order valence-corrected chi connectivity index (χ1v) is 15.5. The van der Waals surface area contributed by atoms with E-state index in [1.807, 2.05) is 26.8 Å². The zero-order chi connectivity index (χ0) is 27.3. The Morgan fingerprint density at radius 1 is 1.14 bits per heavy atom. The zero-order valence-corrected chi connectivity index (χ0v) is 24.7. The maximum Gasteiger partial charge on any atom is 0.410 e. The molecule has 1 atom stereocenters. The number of hydrogen-bond acceptors (Lipinski definition) is 6. The van der Waals surface area contributed by atoms with Crippen LogP contribution in [-0.2, 0) is 15.8 Å². The average Bonchev–Trinajstić information content (AvgIpc) is 2.98. The van der Waals surface area contributed by atoms with Gasteiger partial charge in [0.1, 0.15) is 11.3 Å². The van der Waals surface area contributed by atoms with Gasteiger partial charge in [0.2, 0.25) is 8.32 Å². The van der Waals surface area contributed by atoms with Crippen molar-refractivity contribution in [2.24, 2.45) is 0 Å². The molecule has 2 rings (SSSR count). The summed E-state index contributed by atoms with van der Waals surface area (Å²) in [6, 6.07) is 5.10. The molecule has 0 bridgehead atoms. The van der Waals surface area contributed by atoms with Gasteiger partial charge in [-0.15, -0.1) is 0 Å². The first kappa shape index (κ1) is 30.1. The molecular weight excluding hydrogens is 474 g/mol. The van der Waals surface area contributed by atoms with E-state index < -0.39 is 13.9 Å². The number of nitro groups is 1. The number of nitrogens with one attached hydrogen (secondary N) is 1. The number of hydrogen-bond donors (Lipinski definition) is 1. The maximum absolute atomic E-state index is 12.7. The molecule has 8 nitrogen and oxygen atoms in total. The van der Waals surface area contributed by atoms with Crippen LogP contribution in [0.3, 0.4) is 0 Å². The number of anilines is 1. The fraction of sp³-hybridized carbons (Fsp3) is 0.741. The molecule has 1 aromatic carbocycles. The van der Waals surface area contributed by atoms with E-state index in [0.717, 1.165) is 24.8 Å². The molecule has 1 aliphatic rings. The fourth-order valence-electron chi connectivity index (χ4n) is 5.63. The minimum absolute atomic E-state index is 0.0342. The molecule has 1 saturated heterocycles. The van der Waals surface area contributed by atoms with E-state index in [2.05, 4.69) is 46.9 Å². The van der Waals surface area contributed by atoms with Gasteiger partial charge >= 0.3 is 6.09 Å². The molecule has 9 heteroatoms. The van der Waals surface area contributed by atoms with Crippen LogP contribution in [0.15, 0.2) is 18.2 Å². The number of likely N-dealkylation sites (tertiary alicyclic amines) is 1. The van der Waals surface area contributed by atoms with Gasteiger partial charge in [0.05, 0.1) is 11.5 Å². The molecule has 1 aliphatic heterocycles. The largest absolute Gasteiger partial charge is 0.444 e. The Balaban J connectivity index is 2.26. The summed E-state index contributed by atoms with van der Waals surface area (Å²) in [6.07, 6.45) is 2.28. The quantitative estimate of drug-likeness (QED) is 0.205. The lowest BCUT2D eigenvalue weighted by molar-refractivity contribution is -0.384. The van der Waals surface area contributed by atoms with E-state index in [0.29, 0.717) is 42.0 Å². The van der Waals surface area contributed by atoms with Crippen LogP contribution in [0.1, 0.15) is 87.1 Å². The summed E-state index contributed by atoms with van der Waals surface area (Å²) < 4.78 is 12.3. The van der Waals surface area contributed by atoms with E-state index in [-0.39, 0.29) is 22.7 Å². The monoisotopic (exact) mass is 521 g/mol. The Hall–Kier alpha value is -2.13. The number of nitro benzene ring substituents is 1. The highest BCUT2D eigenvalue weighted by atomic mass is 28.4. The molecular formula is C27H47N3O5Si. The van der Waals surface area contributed by atoms with Gasteiger partial charge < -0.3 is 19.4 Å². The maximum atomic E-state index is 12.7. The number of nitrogens with zero attached hydrogens (tertiary/aromatic N) is 2. The predicted molar refractivity (Wildman–Crippen MR) is 148 cm³/mol. The number of carbonyl (C=O) groups excluding carboxylic acids is 1. The average molecular weight is 522 g/mol. The van der Waals surface area contributed by atoms with Crippen LogP contribution in [0.4, 0.5) is 16.2 Å². The van der Waals surface area contributed by atoms with Crippen molar-refractivity contribution in [2.45, 2.75) is 116 Å². The van der Waals surface area contributed by atoms with E-state index in [9.17, 15) is 14.9 Å². The third-order valence-corrected chi connectivity index (χ3v) is 13.2. The highest BCUT2D eigenvalue weighted by Gasteiger charge is 2.45. The van der Waals surface area contributed by atoms with Crippen molar-refractivity contribution in [3.05, 3.63) is 33.9 Å². The minimum atomic E-state index is -2.07. The number of ether oxygens (including phenoxy) is 1. The minimum Gasteiger partial charge on any atom is -0.444 e. The Bertz CT molecular complexity index is 876. The Labute approximate surface area is 218 Å². The van der Waals surface area contributed by atoms with E-state index in [1.54, 1.807) is 17.0 Å². The van der Waals surface area contributed by atoms with Crippen LogP contribution < -0.4 is 5.32 Å². The van der Waals surface area contributed by atoms with Gasteiger partial charge in [0, 0.05) is 25.2 Å². The normalized spacial score (nSPS) is 17.4. The molecule has 0 radical (unpaired) electrons. The lowest BCUT2D eigenvalue weighted by Gasteiger charge is -2.42.